The number of rotatable bonds is 7. The fraction of sp³-hybridized carbons (Fsp3) is 0.348. The van der Waals surface area contributed by atoms with Gasteiger partial charge in [0.25, 0.3) is 5.91 Å². The second-order valence-electron chi connectivity index (χ2n) is 8.32. The van der Waals surface area contributed by atoms with Crippen LogP contribution in [-0.2, 0) is 29.1 Å². The SMILES string of the molecule is CN(C)S(=O)(=O)c1cc(NC(=O)COC(=O)C2CC(=O)N(c3ccc4c(c3)OCCO4)C2)ccc1Cl. The summed E-state index contributed by atoms with van der Waals surface area (Å²) >= 11 is 6.01. The highest BCUT2D eigenvalue weighted by Gasteiger charge is 2.37. The summed E-state index contributed by atoms with van der Waals surface area (Å²) in [7, 11) is -1.11. The Labute approximate surface area is 212 Å². The molecule has 2 aliphatic heterocycles. The Kier molecular flexibility index (Phi) is 7.38. The molecule has 4 rings (SSSR count). The van der Waals surface area contributed by atoms with Crippen molar-refractivity contribution < 1.29 is 37.0 Å². The summed E-state index contributed by atoms with van der Waals surface area (Å²) < 4.78 is 41.9. The van der Waals surface area contributed by atoms with Crippen molar-refractivity contribution in [1.82, 2.24) is 4.31 Å². The van der Waals surface area contributed by atoms with Gasteiger partial charge in [-0.25, -0.2) is 12.7 Å². The number of carbonyl (C=O) groups is 3. The predicted molar refractivity (Wildman–Crippen MR) is 130 cm³/mol. The summed E-state index contributed by atoms with van der Waals surface area (Å²) in [4.78, 5) is 38.7. The molecule has 1 N–H and O–H groups in total. The van der Waals surface area contributed by atoms with E-state index in [0.717, 1.165) is 4.31 Å². The lowest BCUT2D eigenvalue weighted by molar-refractivity contribution is -0.151. The molecule has 36 heavy (non-hydrogen) atoms. The summed E-state index contributed by atoms with van der Waals surface area (Å²) in [5.74, 6) is -1.25. The van der Waals surface area contributed by atoms with Gasteiger partial charge in [0.2, 0.25) is 15.9 Å². The highest BCUT2D eigenvalue weighted by molar-refractivity contribution is 7.89. The van der Waals surface area contributed by atoms with Crippen molar-refractivity contribution in [3.8, 4) is 11.5 Å². The Morgan fingerprint density at radius 1 is 1.14 bits per heavy atom. The third-order valence-corrected chi connectivity index (χ3v) is 7.91. The third kappa shape index (κ3) is 5.40. The minimum Gasteiger partial charge on any atom is -0.486 e. The van der Waals surface area contributed by atoms with Crippen molar-refractivity contribution in [3.05, 3.63) is 41.4 Å². The number of anilines is 2. The van der Waals surface area contributed by atoms with E-state index in [1.54, 1.807) is 18.2 Å². The van der Waals surface area contributed by atoms with Crippen LogP contribution in [0.3, 0.4) is 0 Å². The molecule has 2 aromatic rings. The van der Waals surface area contributed by atoms with Crippen molar-refractivity contribution >= 4 is 50.8 Å². The molecule has 0 spiro atoms. The first-order valence-electron chi connectivity index (χ1n) is 10.9. The monoisotopic (exact) mass is 537 g/mol. The second kappa shape index (κ2) is 10.3. The zero-order valence-corrected chi connectivity index (χ0v) is 21.1. The molecule has 2 heterocycles. The minimum absolute atomic E-state index is 0.00148. The number of ether oxygens (including phenoxy) is 3. The van der Waals surface area contributed by atoms with Gasteiger partial charge in [0.15, 0.2) is 18.1 Å². The van der Waals surface area contributed by atoms with Gasteiger partial charge in [-0.15, -0.1) is 0 Å². The number of nitrogens with zero attached hydrogens (tertiary/aromatic N) is 2. The fourth-order valence-electron chi connectivity index (χ4n) is 3.74. The summed E-state index contributed by atoms with van der Waals surface area (Å²) in [5.41, 5.74) is 0.741. The van der Waals surface area contributed by atoms with E-state index in [-0.39, 0.29) is 34.5 Å². The molecule has 1 saturated heterocycles. The molecule has 0 saturated carbocycles. The first-order chi connectivity index (χ1) is 17.1. The number of halogens is 1. The number of carbonyl (C=O) groups excluding carboxylic acids is 3. The van der Waals surface area contributed by atoms with Crippen LogP contribution in [0.5, 0.6) is 11.5 Å². The van der Waals surface area contributed by atoms with Crippen LogP contribution in [0.25, 0.3) is 0 Å². The van der Waals surface area contributed by atoms with E-state index < -0.39 is 34.4 Å². The quantitative estimate of drug-likeness (QED) is 0.530. The van der Waals surface area contributed by atoms with Crippen LogP contribution in [0.2, 0.25) is 5.02 Å². The van der Waals surface area contributed by atoms with Gasteiger partial charge in [-0.1, -0.05) is 11.6 Å². The molecular weight excluding hydrogens is 514 g/mol. The zero-order valence-electron chi connectivity index (χ0n) is 19.5. The first-order valence-corrected chi connectivity index (χ1v) is 12.8. The Morgan fingerprint density at radius 2 is 1.86 bits per heavy atom. The van der Waals surface area contributed by atoms with Crippen LogP contribution in [-0.4, -0.2) is 71.0 Å². The molecule has 0 radical (unpaired) electrons. The summed E-state index contributed by atoms with van der Waals surface area (Å²) in [6.07, 6.45) is -0.0577. The number of nitrogens with one attached hydrogen (secondary N) is 1. The number of esters is 1. The molecule has 2 aliphatic rings. The van der Waals surface area contributed by atoms with Crippen LogP contribution in [0, 0.1) is 5.92 Å². The minimum atomic E-state index is -3.83. The highest BCUT2D eigenvalue weighted by atomic mass is 35.5. The van der Waals surface area contributed by atoms with Crippen molar-refractivity contribution in [2.75, 3.05) is 50.7 Å². The van der Waals surface area contributed by atoms with Crippen LogP contribution in [0.15, 0.2) is 41.3 Å². The number of hydrogen-bond donors (Lipinski definition) is 1. The predicted octanol–water partition coefficient (Wildman–Crippen LogP) is 1.90. The lowest BCUT2D eigenvalue weighted by atomic mass is 10.1. The molecule has 2 amide bonds. The largest absolute Gasteiger partial charge is 0.486 e. The van der Waals surface area contributed by atoms with E-state index >= 15 is 0 Å². The average molecular weight is 538 g/mol. The highest BCUT2D eigenvalue weighted by Crippen LogP contribution is 2.36. The summed E-state index contributed by atoms with van der Waals surface area (Å²) in [6, 6.07) is 9.10. The van der Waals surface area contributed by atoms with Gasteiger partial charge in [-0.2, -0.15) is 0 Å². The van der Waals surface area contributed by atoms with E-state index in [9.17, 15) is 22.8 Å². The maximum Gasteiger partial charge on any atom is 0.311 e. The van der Waals surface area contributed by atoms with E-state index in [2.05, 4.69) is 5.32 Å². The van der Waals surface area contributed by atoms with Crippen molar-refractivity contribution in [2.24, 2.45) is 5.92 Å². The average Bonchev–Trinajstić information content (AvgIpc) is 3.24. The van der Waals surface area contributed by atoms with Crippen molar-refractivity contribution in [1.29, 1.82) is 0 Å². The Balaban J connectivity index is 1.34. The van der Waals surface area contributed by atoms with E-state index in [1.165, 1.54) is 37.2 Å². The Bertz CT molecular complexity index is 1310. The van der Waals surface area contributed by atoms with Gasteiger partial charge in [0.05, 0.1) is 10.9 Å². The van der Waals surface area contributed by atoms with Gasteiger partial charge in [0.1, 0.15) is 18.1 Å². The molecule has 0 bridgehead atoms. The molecule has 1 atom stereocenters. The maximum absolute atomic E-state index is 12.5. The summed E-state index contributed by atoms with van der Waals surface area (Å²) in [6.45, 7) is 0.350. The van der Waals surface area contributed by atoms with Gasteiger partial charge < -0.3 is 24.4 Å². The molecule has 0 aromatic heterocycles. The fourth-order valence-corrected chi connectivity index (χ4v) is 5.14. The van der Waals surface area contributed by atoms with Crippen LogP contribution < -0.4 is 19.7 Å². The number of hydrogen-bond acceptors (Lipinski definition) is 8. The molecule has 13 heteroatoms. The number of amides is 2. The smallest absolute Gasteiger partial charge is 0.311 e. The van der Waals surface area contributed by atoms with E-state index in [1.807, 2.05) is 0 Å². The van der Waals surface area contributed by atoms with E-state index in [0.29, 0.717) is 30.4 Å². The third-order valence-electron chi connectivity index (χ3n) is 5.61. The first kappa shape index (κ1) is 25.7. The number of benzene rings is 2. The molecule has 1 fully saturated rings. The Hall–Kier alpha value is -3.35. The molecule has 1 unspecified atom stereocenters. The van der Waals surface area contributed by atoms with Gasteiger partial charge in [-0.3, -0.25) is 14.4 Å². The van der Waals surface area contributed by atoms with Crippen molar-refractivity contribution in [3.63, 3.8) is 0 Å². The zero-order chi connectivity index (χ0) is 26.0. The molecule has 0 aliphatic carbocycles. The normalized spacial score (nSPS) is 17.3. The van der Waals surface area contributed by atoms with Crippen LogP contribution >= 0.6 is 11.6 Å². The second-order valence-corrected chi connectivity index (χ2v) is 10.8. The summed E-state index contributed by atoms with van der Waals surface area (Å²) in [5, 5.41) is 2.48. The lowest BCUT2D eigenvalue weighted by Gasteiger charge is -2.22. The van der Waals surface area contributed by atoms with Gasteiger partial charge in [-0.05, 0) is 30.3 Å². The van der Waals surface area contributed by atoms with Crippen LogP contribution in [0.1, 0.15) is 6.42 Å². The molecule has 11 nitrogen and oxygen atoms in total. The molecular formula is C23H24ClN3O8S. The van der Waals surface area contributed by atoms with Gasteiger partial charge >= 0.3 is 5.97 Å². The topological polar surface area (TPSA) is 132 Å². The maximum atomic E-state index is 12.5. The van der Waals surface area contributed by atoms with Gasteiger partial charge in [0, 0.05) is 44.5 Å². The lowest BCUT2D eigenvalue weighted by Crippen LogP contribution is -2.28. The van der Waals surface area contributed by atoms with Crippen molar-refractivity contribution in [2.45, 2.75) is 11.3 Å². The standard InChI is InChI=1S/C23H24ClN3O8S/c1-26(2)36(31,32)20-10-15(3-5-17(20)24)25-21(28)13-35-23(30)14-9-22(29)27(12-14)16-4-6-18-19(11-16)34-8-7-33-18/h3-6,10-11,14H,7-9,12-13H2,1-2H3,(H,25,28). The Morgan fingerprint density at radius 3 is 2.58 bits per heavy atom. The molecule has 2 aromatic carbocycles. The molecule has 192 valence electrons. The van der Waals surface area contributed by atoms with Crippen LogP contribution in [0.4, 0.5) is 11.4 Å². The van der Waals surface area contributed by atoms with E-state index in [4.69, 9.17) is 25.8 Å². The number of fused-ring (bicyclic) bond motifs is 1. The number of sulfonamides is 1.